The highest BCUT2D eigenvalue weighted by molar-refractivity contribution is 14.1. The molecule has 1 atom stereocenters. The third-order valence-electron chi connectivity index (χ3n) is 3.66. The fourth-order valence-corrected chi connectivity index (χ4v) is 3.39. The molecule has 28 heavy (non-hydrogen) atoms. The molecule has 0 spiro atoms. The van der Waals surface area contributed by atoms with Gasteiger partial charge >= 0.3 is 0 Å². The molecule has 0 radical (unpaired) electrons. The quantitative estimate of drug-likeness (QED) is 0.235. The summed E-state index contributed by atoms with van der Waals surface area (Å²) in [7, 11) is 0. The second-order valence-electron chi connectivity index (χ2n) is 5.84. The number of hydrogen-bond acceptors (Lipinski definition) is 4. The number of carbonyl (C=O) groups excluding carboxylic acids is 1. The maximum absolute atomic E-state index is 14.5. The number of rotatable bonds is 8. The zero-order valence-electron chi connectivity index (χ0n) is 14.7. The van der Waals surface area contributed by atoms with Crippen LogP contribution in [-0.4, -0.2) is 23.7 Å². The molecule has 0 aliphatic carbocycles. The second kappa shape index (κ2) is 10.5. The van der Waals surface area contributed by atoms with Crippen molar-refractivity contribution in [3.05, 3.63) is 55.1 Å². The van der Waals surface area contributed by atoms with Gasteiger partial charge in [0, 0.05) is 3.57 Å². The van der Waals surface area contributed by atoms with E-state index in [1.165, 1.54) is 0 Å². The van der Waals surface area contributed by atoms with Crippen LogP contribution in [0.1, 0.15) is 30.1 Å². The molecule has 2 rings (SSSR count). The SMILES string of the molecule is CCCC(O)CONC(=O)c1cc(Cl)c(F)c(F)c1Nc1ccc(I)cc1Cl. The molecule has 0 aromatic heterocycles. The molecule has 0 fully saturated rings. The maximum Gasteiger partial charge on any atom is 0.277 e. The van der Waals surface area contributed by atoms with Gasteiger partial charge in [-0.25, -0.2) is 14.3 Å². The van der Waals surface area contributed by atoms with E-state index in [1.807, 2.05) is 29.5 Å². The van der Waals surface area contributed by atoms with Crippen molar-refractivity contribution in [2.45, 2.75) is 25.9 Å². The van der Waals surface area contributed by atoms with Gasteiger partial charge in [-0.2, -0.15) is 0 Å². The number of hydrogen-bond donors (Lipinski definition) is 3. The van der Waals surface area contributed by atoms with E-state index >= 15 is 0 Å². The first-order valence-electron chi connectivity index (χ1n) is 8.24. The van der Waals surface area contributed by atoms with Gasteiger partial charge in [0.15, 0.2) is 11.6 Å². The van der Waals surface area contributed by atoms with E-state index in [0.717, 1.165) is 16.1 Å². The highest BCUT2D eigenvalue weighted by Gasteiger charge is 2.23. The normalized spacial score (nSPS) is 12.0. The van der Waals surface area contributed by atoms with Crippen molar-refractivity contribution in [3.8, 4) is 0 Å². The van der Waals surface area contributed by atoms with Crippen molar-refractivity contribution < 1.29 is 23.5 Å². The number of halogens is 5. The molecule has 152 valence electrons. The summed E-state index contributed by atoms with van der Waals surface area (Å²) in [5, 5.41) is 11.9. The van der Waals surface area contributed by atoms with Crippen LogP contribution in [0, 0.1) is 15.2 Å². The minimum absolute atomic E-state index is 0.150. The van der Waals surface area contributed by atoms with E-state index in [1.54, 1.807) is 18.2 Å². The van der Waals surface area contributed by atoms with Crippen LogP contribution in [0.3, 0.4) is 0 Å². The van der Waals surface area contributed by atoms with Gasteiger partial charge in [0.2, 0.25) is 0 Å². The lowest BCUT2D eigenvalue weighted by Crippen LogP contribution is -2.29. The largest absolute Gasteiger partial charge is 0.391 e. The fourth-order valence-electron chi connectivity index (χ4n) is 2.30. The molecule has 0 saturated heterocycles. The Kier molecular flexibility index (Phi) is 8.69. The fraction of sp³-hybridized carbons (Fsp3) is 0.278. The van der Waals surface area contributed by atoms with Crippen LogP contribution in [0.4, 0.5) is 20.2 Å². The third kappa shape index (κ3) is 5.90. The summed E-state index contributed by atoms with van der Waals surface area (Å²) in [4.78, 5) is 17.4. The molecular formula is C18H17Cl2F2IN2O3. The number of anilines is 2. The van der Waals surface area contributed by atoms with E-state index in [-0.39, 0.29) is 22.9 Å². The molecule has 3 N–H and O–H groups in total. The van der Waals surface area contributed by atoms with Crippen molar-refractivity contribution in [3.63, 3.8) is 0 Å². The average molecular weight is 545 g/mol. The van der Waals surface area contributed by atoms with Gasteiger partial charge in [-0.3, -0.25) is 9.63 Å². The Labute approximate surface area is 184 Å². The molecule has 2 aromatic carbocycles. The molecule has 0 aliphatic heterocycles. The Morgan fingerprint density at radius 3 is 2.61 bits per heavy atom. The monoisotopic (exact) mass is 544 g/mol. The van der Waals surface area contributed by atoms with E-state index in [0.29, 0.717) is 6.42 Å². The smallest absolute Gasteiger partial charge is 0.277 e. The molecule has 10 heteroatoms. The summed E-state index contributed by atoms with van der Waals surface area (Å²) in [5.41, 5.74) is 1.63. The maximum atomic E-state index is 14.5. The molecule has 0 saturated carbocycles. The Balaban J connectivity index is 2.29. The van der Waals surface area contributed by atoms with E-state index < -0.39 is 34.4 Å². The number of amides is 1. The van der Waals surface area contributed by atoms with Crippen LogP contribution in [0.25, 0.3) is 0 Å². The number of nitrogens with one attached hydrogen (secondary N) is 2. The number of benzene rings is 2. The number of carbonyl (C=O) groups is 1. The van der Waals surface area contributed by atoms with Crippen LogP contribution >= 0.6 is 45.8 Å². The predicted molar refractivity (Wildman–Crippen MR) is 113 cm³/mol. The van der Waals surface area contributed by atoms with Gasteiger partial charge in [0.05, 0.1) is 33.1 Å². The van der Waals surface area contributed by atoms with Gasteiger partial charge in [0.25, 0.3) is 5.91 Å². The molecule has 1 amide bonds. The van der Waals surface area contributed by atoms with Crippen LogP contribution in [-0.2, 0) is 4.84 Å². The Hall–Kier alpha value is -1.20. The van der Waals surface area contributed by atoms with Crippen molar-refractivity contribution >= 4 is 63.1 Å². The Morgan fingerprint density at radius 2 is 1.96 bits per heavy atom. The minimum Gasteiger partial charge on any atom is -0.391 e. The zero-order valence-corrected chi connectivity index (χ0v) is 18.3. The average Bonchev–Trinajstić information content (AvgIpc) is 2.63. The summed E-state index contributed by atoms with van der Waals surface area (Å²) in [6, 6.07) is 5.86. The molecule has 0 aliphatic rings. The van der Waals surface area contributed by atoms with Crippen LogP contribution in [0.2, 0.25) is 10.0 Å². The van der Waals surface area contributed by atoms with Gasteiger partial charge in [-0.1, -0.05) is 36.5 Å². The van der Waals surface area contributed by atoms with E-state index in [2.05, 4.69) is 10.8 Å². The molecule has 0 heterocycles. The molecular weight excluding hydrogens is 528 g/mol. The number of aliphatic hydroxyl groups is 1. The first-order valence-corrected chi connectivity index (χ1v) is 10.1. The van der Waals surface area contributed by atoms with Crippen molar-refractivity contribution in [2.75, 3.05) is 11.9 Å². The Morgan fingerprint density at radius 1 is 1.25 bits per heavy atom. The highest BCUT2D eigenvalue weighted by atomic mass is 127. The van der Waals surface area contributed by atoms with Crippen molar-refractivity contribution in [1.29, 1.82) is 0 Å². The summed E-state index contributed by atoms with van der Waals surface area (Å²) < 4.78 is 29.3. The lowest BCUT2D eigenvalue weighted by molar-refractivity contribution is -0.0149. The number of hydroxylamine groups is 1. The standard InChI is InChI=1S/C18H17Cl2F2IN2O3/c1-2-3-10(26)8-28-25-18(27)11-7-13(20)15(21)16(22)17(11)24-14-5-4-9(23)6-12(14)19/h4-7,10,24,26H,2-3,8H2,1H3,(H,25,27). The van der Waals surface area contributed by atoms with E-state index in [4.69, 9.17) is 28.0 Å². The predicted octanol–water partition coefficient (Wildman–Crippen LogP) is 5.44. The van der Waals surface area contributed by atoms with E-state index in [9.17, 15) is 18.7 Å². The van der Waals surface area contributed by atoms with Crippen molar-refractivity contribution in [2.24, 2.45) is 0 Å². The summed E-state index contributed by atoms with van der Waals surface area (Å²) in [6.45, 7) is 1.74. The van der Waals surface area contributed by atoms with Crippen molar-refractivity contribution in [1.82, 2.24) is 5.48 Å². The lowest BCUT2D eigenvalue weighted by Gasteiger charge is -2.16. The first-order chi connectivity index (χ1) is 13.2. The lowest BCUT2D eigenvalue weighted by atomic mass is 10.1. The summed E-state index contributed by atoms with van der Waals surface area (Å²) in [5.74, 6) is -3.51. The zero-order chi connectivity index (χ0) is 20.8. The molecule has 2 aromatic rings. The van der Waals surface area contributed by atoms with Gasteiger partial charge in [0.1, 0.15) is 6.61 Å². The van der Waals surface area contributed by atoms with Crippen LogP contribution < -0.4 is 10.8 Å². The van der Waals surface area contributed by atoms with Gasteiger partial charge in [-0.15, -0.1) is 0 Å². The van der Waals surface area contributed by atoms with Gasteiger partial charge in [-0.05, 0) is 53.3 Å². The van der Waals surface area contributed by atoms with Crippen LogP contribution in [0.15, 0.2) is 24.3 Å². The minimum atomic E-state index is -1.33. The molecule has 5 nitrogen and oxygen atoms in total. The molecule has 0 bridgehead atoms. The van der Waals surface area contributed by atoms with Gasteiger partial charge < -0.3 is 10.4 Å². The van der Waals surface area contributed by atoms with Crippen LogP contribution in [0.5, 0.6) is 0 Å². The first kappa shape index (κ1) is 23.1. The second-order valence-corrected chi connectivity index (χ2v) is 7.90. The summed E-state index contributed by atoms with van der Waals surface area (Å²) >= 11 is 13.9. The Bertz CT molecular complexity index is 871. The highest BCUT2D eigenvalue weighted by Crippen LogP contribution is 2.33. The third-order valence-corrected chi connectivity index (χ3v) is 4.92. The topological polar surface area (TPSA) is 70.6 Å². The summed E-state index contributed by atoms with van der Waals surface area (Å²) in [6.07, 6.45) is 0.467. The molecule has 1 unspecified atom stereocenters. The number of aliphatic hydroxyl groups excluding tert-OH is 1.